The molecule has 0 bridgehead atoms. The Morgan fingerprint density at radius 2 is 1.70 bits per heavy atom. The topological polar surface area (TPSA) is 33.7 Å². The highest BCUT2D eigenvalue weighted by molar-refractivity contribution is 5.44. The molecule has 0 aliphatic carbocycles. The monoisotopic (exact) mass is 378 g/mol. The number of nitrogens with one attached hydrogen (secondary N) is 1. The lowest BCUT2D eigenvalue weighted by Crippen LogP contribution is -2.45. The van der Waals surface area contributed by atoms with Crippen molar-refractivity contribution in [1.29, 1.82) is 0 Å². The van der Waals surface area contributed by atoms with Crippen LogP contribution in [0.1, 0.15) is 22.7 Å². The van der Waals surface area contributed by atoms with Crippen LogP contribution >= 0.6 is 0 Å². The minimum atomic E-state index is -4.68. The molecule has 1 N–H and O–H groups in total. The molecular formula is C20H21F3N2O2. The van der Waals surface area contributed by atoms with Gasteiger partial charge in [-0.1, -0.05) is 24.3 Å². The summed E-state index contributed by atoms with van der Waals surface area (Å²) in [6.07, 6.45) is -3.80. The predicted octanol–water partition coefficient (Wildman–Crippen LogP) is 3.51. The van der Waals surface area contributed by atoms with Crippen LogP contribution in [0.3, 0.4) is 0 Å². The molecule has 2 aromatic carbocycles. The summed E-state index contributed by atoms with van der Waals surface area (Å²) in [5.41, 5.74) is 3.26. The number of piperazine rings is 1. The van der Waals surface area contributed by atoms with Crippen LogP contribution in [0, 0.1) is 0 Å². The summed E-state index contributed by atoms with van der Waals surface area (Å²) in [5.74, 6) is 0.722. The number of benzene rings is 2. The van der Waals surface area contributed by atoms with E-state index in [1.165, 1.54) is 17.7 Å². The van der Waals surface area contributed by atoms with Crippen molar-refractivity contribution < 1.29 is 22.6 Å². The standard InChI is InChI=1S/C20H21F3N2O2/c21-20(22,23)27-17-4-1-14(2-5-17)19(25-10-8-24-9-11-25)16-3-6-18-15(13-16)7-12-26-18/h1-6,13,19,24H,7-12H2/t19-/m1/s1. The van der Waals surface area contributed by atoms with Crippen molar-refractivity contribution in [3.8, 4) is 11.5 Å². The number of nitrogens with zero attached hydrogens (tertiary/aromatic N) is 1. The molecule has 0 saturated carbocycles. The predicted molar refractivity (Wildman–Crippen MR) is 95.1 cm³/mol. The number of rotatable bonds is 4. The Balaban J connectivity index is 1.65. The van der Waals surface area contributed by atoms with E-state index in [1.807, 2.05) is 6.07 Å². The van der Waals surface area contributed by atoms with E-state index in [2.05, 4.69) is 27.1 Å². The van der Waals surface area contributed by atoms with E-state index in [0.29, 0.717) is 6.61 Å². The molecule has 27 heavy (non-hydrogen) atoms. The van der Waals surface area contributed by atoms with Crippen molar-refractivity contribution in [2.45, 2.75) is 18.8 Å². The van der Waals surface area contributed by atoms with Crippen LogP contribution < -0.4 is 14.8 Å². The molecular weight excluding hydrogens is 357 g/mol. The molecule has 1 fully saturated rings. The molecule has 2 aromatic rings. The summed E-state index contributed by atoms with van der Waals surface area (Å²) in [6.45, 7) is 4.22. The van der Waals surface area contributed by atoms with Gasteiger partial charge in [0.2, 0.25) is 0 Å². The van der Waals surface area contributed by atoms with Crippen LogP contribution in [0.4, 0.5) is 13.2 Å². The Kier molecular flexibility index (Phi) is 4.97. The third-order valence-electron chi connectivity index (χ3n) is 4.98. The Bertz CT molecular complexity index is 787. The number of fused-ring (bicyclic) bond motifs is 1. The molecule has 0 aromatic heterocycles. The first kappa shape index (κ1) is 18.1. The van der Waals surface area contributed by atoms with Gasteiger partial charge in [0.25, 0.3) is 0 Å². The zero-order chi connectivity index (χ0) is 18.9. The second-order valence-corrected chi connectivity index (χ2v) is 6.77. The summed E-state index contributed by atoms with van der Waals surface area (Å²) >= 11 is 0. The maximum Gasteiger partial charge on any atom is 0.573 e. The smallest absolute Gasteiger partial charge is 0.493 e. The molecule has 2 aliphatic heterocycles. The van der Waals surface area contributed by atoms with Crippen LogP contribution in [0.15, 0.2) is 42.5 Å². The molecule has 1 atom stereocenters. The van der Waals surface area contributed by atoms with E-state index < -0.39 is 6.36 Å². The second kappa shape index (κ2) is 7.40. The molecule has 2 aliphatic rings. The zero-order valence-electron chi connectivity index (χ0n) is 14.8. The Labute approximate surface area is 155 Å². The molecule has 4 rings (SSSR count). The third kappa shape index (κ3) is 4.20. The molecule has 2 heterocycles. The minimum absolute atomic E-state index is 0.0158. The van der Waals surface area contributed by atoms with E-state index in [1.54, 1.807) is 12.1 Å². The van der Waals surface area contributed by atoms with Crippen LogP contribution in [0.5, 0.6) is 11.5 Å². The summed E-state index contributed by atoms with van der Waals surface area (Å²) in [6, 6.07) is 12.4. The minimum Gasteiger partial charge on any atom is -0.493 e. The van der Waals surface area contributed by atoms with Gasteiger partial charge in [0.1, 0.15) is 11.5 Å². The van der Waals surface area contributed by atoms with Gasteiger partial charge in [0.15, 0.2) is 0 Å². The van der Waals surface area contributed by atoms with Crippen LogP contribution in [-0.2, 0) is 6.42 Å². The number of hydrogen-bond donors (Lipinski definition) is 1. The first-order chi connectivity index (χ1) is 13.0. The molecule has 7 heteroatoms. The lowest BCUT2D eigenvalue weighted by atomic mass is 9.94. The quantitative estimate of drug-likeness (QED) is 0.883. The van der Waals surface area contributed by atoms with Crippen molar-refractivity contribution >= 4 is 0 Å². The maximum atomic E-state index is 12.4. The molecule has 0 spiro atoms. The number of alkyl halides is 3. The first-order valence-corrected chi connectivity index (χ1v) is 9.06. The fraction of sp³-hybridized carbons (Fsp3) is 0.400. The van der Waals surface area contributed by atoms with E-state index in [-0.39, 0.29) is 11.8 Å². The normalized spacial score (nSPS) is 18.6. The zero-order valence-corrected chi connectivity index (χ0v) is 14.8. The van der Waals surface area contributed by atoms with E-state index in [9.17, 15) is 13.2 Å². The fourth-order valence-electron chi connectivity index (χ4n) is 3.78. The van der Waals surface area contributed by atoms with E-state index in [0.717, 1.165) is 49.5 Å². The van der Waals surface area contributed by atoms with E-state index in [4.69, 9.17) is 4.74 Å². The summed E-state index contributed by atoms with van der Waals surface area (Å²) < 4.78 is 46.9. The van der Waals surface area contributed by atoms with Crippen molar-refractivity contribution in [2.75, 3.05) is 32.8 Å². The van der Waals surface area contributed by atoms with Gasteiger partial charge in [0.05, 0.1) is 12.6 Å². The Hall–Kier alpha value is -2.25. The Morgan fingerprint density at radius 1 is 1.00 bits per heavy atom. The van der Waals surface area contributed by atoms with Crippen LogP contribution in [0.2, 0.25) is 0 Å². The average molecular weight is 378 g/mol. The van der Waals surface area contributed by atoms with Gasteiger partial charge in [-0.25, -0.2) is 0 Å². The van der Waals surface area contributed by atoms with Crippen molar-refractivity contribution in [3.63, 3.8) is 0 Å². The average Bonchev–Trinajstić information content (AvgIpc) is 3.11. The van der Waals surface area contributed by atoms with Crippen molar-refractivity contribution in [1.82, 2.24) is 10.2 Å². The fourth-order valence-corrected chi connectivity index (χ4v) is 3.78. The Morgan fingerprint density at radius 3 is 2.41 bits per heavy atom. The molecule has 0 radical (unpaired) electrons. The maximum absolute atomic E-state index is 12.4. The highest BCUT2D eigenvalue weighted by atomic mass is 19.4. The number of halogens is 3. The van der Waals surface area contributed by atoms with Crippen molar-refractivity contribution in [2.24, 2.45) is 0 Å². The largest absolute Gasteiger partial charge is 0.573 e. The molecule has 0 unspecified atom stereocenters. The van der Waals surface area contributed by atoms with Gasteiger partial charge in [0, 0.05) is 32.6 Å². The second-order valence-electron chi connectivity index (χ2n) is 6.77. The molecule has 0 amide bonds. The van der Waals surface area contributed by atoms with Crippen LogP contribution in [0.25, 0.3) is 0 Å². The number of ether oxygens (including phenoxy) is 2. The summed E-state index contributed by atoms with van der Waals surface area (Å²) in [4.78, 5) is 2.35. The van der Waals surface area contributed by atoms with Crippen molar-refractivity contribution in [3.05, 3.63) is 59.2 Å². The van der Waals surface area contributed by atoms with Gasteiger partial charge in [-0.15, -0.1) is 13.2 Å². The summed E-state index contributed by atoms with van der Waals surface area (Å²) in [5, 5.41) is 3.34. The SMILES string of the molecule is FC(F)(F)Oc1ccc([C@H](c2ccc3c(c2)CCO3)N2CCNCC2)cc1. The lowest BCUT2D eigenvalue weighted by molar-refractivity contribution is -0.274. The van der Waals surface area contributed by atoms with Gasteiger partial charge in [-0.3, -0.25) is 4.90 Å². The van der Waals surface area contributed by atoms with Gasteiger partial charge < -0.3 is 14.8 Å². The summed E-state index contributed by atoms with van der Waals surface area (Å²) in [7, 11) is 0. The first-order valence-electron chi connectivity index (χ1n) is 9.06. The lowest BCUT2D eigenvalue weighted by Gasteiger charge is -2.35. The van der Waals surface area contributed by atoms with E-state index >= 15 is 0 Å². The number of hydrogen-bond acceptors (Lipinski definition) is 4. The van der Waals surface area contributed by atoms with Gasteiger partial charge >= 0.3 is 6.36 Å². The van der Waals surface area contributed by atoms with Crippen LogP contribution in [-0.4, -0.2) is 44.0 Å². The molecule has 4 nitrogen and oxygen atoms in total. The molecule has 1 saturated heterocycles. The highest BCUT2D eigenvalue weighted by Crippen LogP contribution is 2.35. The third-order valence-corrected chi connectivity index (χ3v) is 4.98. The van der Waals surface area contributed by atoms with Gasteiger partial charge in [-0.2, -0.15) is 0 Å². The van der Waals surface area contributed by atoms with Gasteiger partial charge in [-0.05, 0) is 34.9 Å². The molecule has 144 valence electrons. The highest BCUT2D eigenvalue weighted by Gasteiger charge is 2.31.